The Hall–Kier alpha value is -2.96. The molecule has 6 heteroatoms. The lowest BCUT2D eigenvalue weighted by atomic mass is 10.2. The zero-order valence-corrected chi connectivity index (χ0v) is 16.5. The number of hydrogen-bond donors (Lipinski definition) is 0. The summed E-state index contributed by atoms with van der Waals surface area (Å²) in [6.07, 6.45) is 4.34. The maximum absolute atomic E-state index is 12.7. The number of carbonyl (C=O) groups is 2. The molecule has 2 aliphatic rings. The van der Waals surface area contributed by atoms with Crippen LogP contribution in [0.5, 0.6) is 0 Å². The van der Waals surface area contributed by atoms with Crippen molar-refractivity contribution in [1.82, 2.24) is 14.7 Å². The average Bonchev–Trinajstić information content (AvgIpc) is 3.05. The third kappa shape index (κ3) is 4.72. The van der Waals surface area contributed by atoms with Crippen LogP contribution in [0.1, 0.15) is 5.56 Å². The van der Waals surface area contributed by atoms with Gasteiger partial charge in [0.1, 0.15) is 6.54 Å². The van der Waals surface area contributed by atoms with Crippen molar-refractivity contribution in [3.05, 3.63) is 72.3 Å². The zero-order valence-electron chi connectivity index (χ0n) is 16.5. The lowest BCUT2D eigenvalue weighted by Crippen LogP contribution is -2.51. The normalized spacial score (nSPS) is 18.9. The van der Waals surface area contributed by atoms with Gasteiger partial charge in [0.15, 0.2) is 0 Å². The van der Waals surface area contributed by atoms with Crippen LogP contribution in [0.15, 0.2) is 66.7 Å². The molecule has 0 N–H and O–H groups in total. The van der Waals surface area contributed by atoms with Gasteiger partial charge in [0, 0.05) is 38.4 Å². The Morgan fingerprint density at radius 2 is 1.41 bits per heavy atom. The van der Waals surface area contributed by atoms with Gasteiger partial charge >= 0.3 is 6.03 Å². The molecule has 150 valence electrons. The molecule has 2 heterocycles. The van der Waals surface area contributed by atoms with Crippen LogP contribution in [0, 0.1) is 0 Å². The van der Waals surface area contributed by atoms with Crippen LogP contribution < -0.4 is 4.90 Å². The Morgan fingerprint density at radius 1 is 0.793 bits per heavy atom. The number of rotatable bonds is 6. The predicted octanol–water partition coefficient (Wildman–Crippen LogP) is 2.74. The second kappa shape index (κ2) is 9.03. The molecule has 0 atom stereocenters. The van der Waals surface area contributed by atoms with Crippen molar-refractivity contribution in [1.29, 1.82) is 0 Å². The maximum atomic E-state index is 12.7. The lowest BCUT2D eigenvalue weighted by molar-refractivity contribution is -0.126. The minimum Gasteiger partial charge on any atom is -0.297 e. The van der Waals surface area contributed by atoms with E-state index in [0.29, 0.717) is 6.67 Å². The highest BCUT2D eigenvalue weighted by Gasteiger charge is 2.37. The molecule has 2 aromatic carbocycles. The molecule has 2 fully saturated rings. The number of anilines is 1. The maximum Gasteiger partial charge on any atom is 0.332 e. The highest BCUT2D eigenvalue weighted by atomic mass is 16.2. The van der Waals surface area contributed by atoms with Crippen LogP contribution >= 0.6 is 0 Å². The SMILES string of the molecule is O=C1CN(c2ccccc2)C(=O)N1CN1CCN(C/C=C/c2ccccc2)CC1. The van der Waals surface area contributed by atoms with E-state index in [9.17, 15) is 9.59 Å². The molecule has 2 aliphatic heterocycles. The number of piperazine rings is 1. The molecule has 0 bridgehead atoms. The molecule has 6 nitrogen and oxygen atoms in total. The van der Waals surface area contributed by atoms with E-state index in [1.165, 1.54) is 10.5 Å². The first-order chi connectivity index (χ1) is 14.2. The van der Waals surface area contributed by atoms with Crippen molar-refractivity contribution in [2.45, 2.75) is 0 Å². The Morgan fingerprint density at radius 3 is 2.10 bits per heavy atom. The molecule has 0 saturated carbocycles. The Labute approximate surface area is 171 Å². The second-order valence-corrected chi connectivity index (χ2v) is 7.40. The van der Waals surface area contributed by atoms with Crippen LogP contribution in [0.2, 0.25) is 0 Å². The standard InChI is InChI=1S/C23H26N4O2/c28-22-18-26(21-11-5-2-6-12-21)23(29)27(22)19-25-16-14-24(15-17-25)13-7-10-20-8-3-1-4-9-20/h1-12H,13-19H2/b10-7+. The molecule has 0 unspecified atom stereocenters. The lowest BCUT2D eigenvalue weighted by Gasteiger charge is -2.35. The summed E-state index contributed by atoms with van der Waals surface area (Å²) in [6, 6.07) is 19.4. The van der Waals surface area contributed by atoms with Gasteiger partial charge in [0.2, 0.25) is 0 Å². The Balaban J connectivity index is 1.26. The molecular weight excluding hydrogens is 364 g/mol. The summed E-state index contributed by atoms with van der Waals surface area (Å²) >= 11 is 0. The number of para-hydroxylation sites is 1. The minimum atomic E-state index is -0.227. The molecule has 0 spiro atoms. The summed E-state index contributed by atoms with van der Waals surface area (Å²) in [7, 11) is 0. The van der Waals surface area contributed by atoms with E-state index >= 15 is 0 Å². The van der Waals surface area contributed by atoms with Crippen LogP contribution in [-0.4, -0.2) is 72.6 Å². The van der Waals surface area contributed by atoms with E-state index in [1.54, 1.807) is 4.90 Å². The summed E-state index contributed by atoms with van der Waals surface area (Å²) in [5.74, 6) is -0.132. The van der Waals surface area contributed by atoms with E-state index in [-0.39, 0.29) is 18.5 Å². The fraction of sp³-hybridized carbons (Fsp3) is 0.304. The number of imide groups is 1. The molecule has 4 rings (SSSR count). The highest BCUT2D eigenvalue weighted by molar-refractivity contribution is 6.12. The molecular formula is C23H26N4O2. The number of amides is 3. The molecule has 2 aromatic rings. The van der Waals surface area contributed by atoms with Crippen molar-refractivity contribution in [3.63, 3.8) is 0 Å². The van der Waals surface area contributed by atoms with Gasteiger partial charge in [-0.3, -0.25) is 19.5 Å². The van der Waals surface area contributed by atoms with Gasteiger partial charge in [0.25, 0.3) is 5.91 Å². The largest absolute Gasteiger partial charge is 0.332 e. The van der Waals surface area contributed by atoms with Crippen molar-refractivity contribution in [3.8, 4) is 0 Å². The second-order valence-electron chi connectivity index (χ2n) is 7.40. The molecule has 29 heavy (non-hydrogen) atoms. The predicted molar refractivity (Wildman–Crippen MR) is 114 cm³/mol. The summed E-state index contributed by atoms with van der Waals surface area (Å²) in [5.41, 5.74) is 1.98. The van der Waals surface area contributed by atoms with Crippen molar-refractivity contribution < 1.29 is 9.59 Å². The van der Waals surface area contributed by atoms with Crippen molar-refractivity contribution in [2.75, 3.05) is 50.8 Å². The quantitative estimate of drug-likeness (QED) is 0.712. The minimum absolute atomic E-state index is 0.118. The number of carbonyl (C=O) groups excluding carboxylic acids is 2. The fourth-order valence-electron chi connectivity index (χ4n) is 3.70. The summed E-state index contributed by atoms with van der Waals surface area (Å²) < 4.78 is 0. The molecule has 3 amide bonds. The van der Waals surface area contributed by atoms with E-state index < -0.39 is 0 Å². The number of benzene rings is 2. The topological polar surface area (TPSA) is 47.1 Å². The Bertz CT molecular complexity index is 861. The summed E-state index contributed by atoms with van der Waals surface area (Å²) in [6.45, 7) is 4.95. The fourth-order valence-corrected chi connectivity index (χ4v) is 3.70. The zero-order chi connectivity index (χ0) is 20.1. The van der Waals surface area contributed by atoms with E-state index in [2.05, 4.69) is 34.1 Å². The first-order valence-corrected chi connectivity index (χ1v) is 10.0. The number of urea groups is 1. The summed E-state index contributed by atoms with van der Waals surface area (Å²) in [4.78, 5) is 32.6. The smallest absolute Gasteiger partial charge is 0.297 e. The summed E-state index contributed by atoms with van der Waals surface area (Å²) in [5, 5.41) is 0. The van der Waals surface area contributed by atoms with Crippen LogP contribution in [0.4, 0.5) is 10.5 Å². The molecule has 2 saturated heterocycles. The van der Waals surface area contributed by atoms with Crippen LogP contribution in [0.3, 0.4) is 0 Å². The average molecular weight is 390 g/mol. The first kappa shape index (κ1) is 19.4. The van der Waals surface area contributed by atoms with Gasteiger partial charge in [-0.05, 0) is 17.7 Å². The van der Waals surface area contributed by atoms with E-state index in [1.807, 2.05) is 48.5 Å². The van der Waals surface area contributed by atoms with E-state index in [0.717, 1.165) is 38.4 Å². The molecule has 0 aliphatic carbocycles. The van der Waals surface area contributed by atoms with Gasteiger partial charge < -0.3 is 0 Å². The highest BCUT2D eigenvalue weighted by Crippen LogP contribution is 2.21. The molecule has 0 aromatic heterocycles. The van der Waals surface area contributed by atoms with Crippen molar-refractivity contribution >= 4 is 23.7 Å². The number of hydrogen-bond acceptors (Lipinski definition) is 4. The van der Waals surface area contributed by atoms with Gasteiger partial charge in [-0.15, -0.1) is 0 Å². The van der Waals surface area contributed by atoms with Gasteiger partial charge in [-0.1, -0.05) is 60.7 Å². The Kier molecular flexibility index (Phi) is 6.03. The van der Waals surface area contributed by atoms with Gasteiger partial charge in [-0.25, -0.2) is 9.69 Å². The van der Waals surface area contributed by atoms with E-state index in [4.69, 9.17) is 0 Å². The first-order valence-electron chi connectivity index (χ1n) is 10.0. The molecule has 0 radical (unpaired) electrons. The monoisotopic (exact) mass is 390 g/mol. The van der Waals surface area contributed by atoms with Crippen LogP contribution in [0.25, 0.3) is 6.08 Å². The van der Waals surface area contributed by atoms with Gasteiger partial charge in [-0.2, -0.15) is 0 Å². The van der Waals surface area contributed by atoms with Gasteiger partial charge in [0.05, 0.1) is 6.67 Å². The van der Waals surface area contributed by atoms with Crippen LogP contribution in [-0.2, 0) is 4.79 Å². The third-order valence-electron chi connectivity index (χ3n) is 5.40. The third-order valence-corrected chi connectivity index (χ3v) is 5.40. The van der Waals surface area contributed by atoms with Crippen molar-refractivity contribution in [2.24, 2.45) is 0 Å². The number of nitrogens with zero attached hydrogens (tertiary/aromatic N) is 4.